The van der Waals surface area contributed by atoms with Crippen molar-refractivity contribution in [2.75, 3.05) is 11.4 Å². The predicted octanol–water partition coefficient (Wildman–Crippen LogP) is 1.86. The van der Waals surface area contributed by atoms with Gasteiger partial charge in [-0.2, -0.15) is 0 Å². The van der Waals surface area contributed by atoms with Crippen molar-refractivity contribution in [3.63, 3.8) is 0 Å². The van der Waals surface area contributed by atoms with Gasteiger partial charge >= 0.3 is 5.97 Å². The second kappa shape index (κ2) is 4.80. The summed E-state index contributed by atoms with van der Waals surface area (Å²) >= 11 is 0. The largest absolute Gasteiger partial charge is 0.481 e. The minimum Gasteiger partial charge on any atom is -0.481 e. The van der Waals surface area contributed by atoms with E-state index in [4.69, 9.17) is 5.11 Å². The van der Waals surface area contributed by atoms with Crippen molar-refractivity contribution < 1.29 is 14.7 Å². The number of nitrogens with zero attached hydrogens (tertiary/aromatic N) is 1. The van der Waals surface area contributed by atoms with Gasteiger partial charge in [-0.1, -0.05) is 19.1 Å². The summed E-state index contributed by atoms with van der Waals surface area (Å²) in [5.74, 6) is -1.16. The zero-order chi connectivity index (χ0) is 13.3. The molecule has 96 valence electrons. The van der Waals surface area contributed by atoms with E-state index in [9.17, 15) is 9.59 Å². The summed E-state index contributed by atoms with van der Waals surface area (Å²) in [5.41, 5.74) is 3.08. The minimum atomic E-state index is -0.793. The molecule has 0 bridgehead atoms. The van der Waals surface area contributed by atoms with E-state index in [0.29, 0.717) is 6.42 Å². The van der Waals surface area contributed by atoms with Crippen molar-refractivity contribution in [1.29, 1.82) is 0 Å². The molecule has 1 amide bonds. The van der Waals surface area contributed by atoms with Crippen LogP contribution in [0, 0.1) is 5.92 Å². The van der Waals surface area contributed by atoms with Crippen LogP contribution in [0.2, 0.25) is 0 Å². The number of carbonyl (C=O) groups excluding carboxylic acids is 1. The lowest BCUT2D eigenvalue weighted by molar-refractivity contribution is -0.141. The summed E-state index contributed by atoms with van der Waals surface area (Å²) < 4.78 is 0. The number of amides is 1. The number of hydrogen-bond acceptors (Lipinski definition) is 2. The van der Waals surface area contributed by atoms with Gasteiger partial charge in [0.2, 0.25) is 5.91 Å². The Kier molecular flexibility index (Phi) is 3.36. The number of carboxylic acid groups (broad SMARTS) is 1. The molecule has 1 N–H and O–H groups in total. The zero-order valence-electron chi connectivity index (χ0n) is 10.6. The van der Waals surface area contributed by atoms with E-state index in [-0.39, 0.29) is 5.91 Å². The summed E-state index contributed by atoms with van der Waals surface area (Å²) in [6.45, 7) is 3.97. The van der Waals surface area contributed by atoms with Gasteiger partial charge in [-0.15, -0.1) is 0 Å². The maximum absolute atomic E-state index is 11.5. The topological polar surface area (TPSA) is 57.6 Å². The number of carboxylic acids is 1. The van der Waals surface area contributed by atoms with Crippen LogP contribution in [0.4, 0.5) is 5.69 Å². The third-order valence-corrected chi connectivity index (χ3v) is 3.39. The molecule has 1 atom stereocenters. The van der Waals surface area contributed by atoms with Crippen LogP contribution in [0.25, 0.3) is 0 Å². The SMILES string of the molecule is CC(=O)N1CCc2ccc(CC(C)C(=O)O)cc21. The number of aliphatic carboxylic acids is 1. The Balaban J connectivity index is 2.24. The molecular formula is C14H17NO3. The highest BCUT2D eigenvalue weighted by atomic mass is 16.4. The monoisotopic (exact) mass is 247 g/mol. The number of hydrogen-bond donors (Lipinski definition) is 1. The summed E-state index contributed by atoms with van der Waals surface area (Å²) in [5, 5.41) is 8.91. The highest BCUT2D eigenvalue weighted by molar-refractivity contribution is 5.93. The molecule has 1 aromatic carbocycles. The van der Waals surface area contributed by atoms with Crippen LogP contribution in [0.3, 0.4) is 0 Å². The van der Waals surface area contributed by atoms with Crippen LogP contribution in [0.15, 0.2) is 18.2 Å². The van der Waals surface area contributed by atoms with Gasteiger partial charge in [0, 0.05) is 19.2 Å². The second-order valence-electron chi connectivity index (χ2n) is 4.83. The number of fused-ring (bicyclic) bond motifs is 1. The van der Waals surface area contributed by atoms with Crippen LogP contribution in [0.5, 0.6) is 0 Å². The fourth-order valence-electron chi connectivity index (χ4n) is 2.32. The Morgan fingerprint density at radius 2 is 2.17 bits per heavy atom. The van der Waals surface area contributed by atoms with E-state index in [1.807, 2.05) is 18.2 Å². The average molecular weight is 247 g/mol. The molecule has 0 saturated carbocycles. The van der Waals surface area contributed by atoms with Crippen LogP contribution in [0.1, 0.15) is 25.0 Å². The van der Waals surface area contributed by atoms with Crippen LogP contribution < -0.4 is 4.90 Å². The van der Waals surface area contributed by atoms with Gasteiger partial charge in [0.1, 0.15) is 0 Å². The molecule has 0 aromatic heterocycles. The number of rotatable bonds is 3. The van der Waals surface area contributed by atoms with Gasteiger partial charge in [0.15, 0.2) is 0 Å². The molecule has 1 heterocycles. The van der Waals surface area contributed by atoms with E-state index in [1.54, 1.807) is 18.7 Å². The summed E-state index contributed by atoms with van der Waals surface area (Å²) in [6.07, 6.45) is 1.37. The molecule has 0 fully saturated rings. The molecule has 0 saturated heterocycles. The molecular weight excluding hydrogens is 230 g/mol. The van der Waals surface area contributed by atoms with Crippen LogP contribution in [-0.2, 0) is 22.4 Å². The second-order valence-corrected chi connectivity index (χ2v) is 4.83. The zero-order valence-corrected chi connectivity index (χ0v) is 10.6. The van der Waals surface area contributed by atoms with Crippen LogP contribution in [-0.4, -0.2) is 23.5 Å². The molecule has 2 rings (SSSR count). The maximum atomic E-state index is 11.5. The Bertz CT molecular complexity index is 496. The van der Waals surface area contributed by atoms with Crippen molar-refractivity contribution in [1.82, 2.24) is 0 Å². The number of anilines is 1. The van der Waals surface area contributed by atoms with Gasteiger partial charge in [-0.3, -0.25) is 9.59 Å². The molecule has 0 aliphatic carbocycles. The van der Waals surface area contributed by atoms with E-state index in [2.05, 4.69) is 0 Å². The van der Waals surface area contributed by atoms with Gasteiger partial charge < -0.3 is 10.0 Å². The molecule has 18 heavy (non-hydrogen) atoms. The van der Waals surface area contributed by atoms with Gasteiger partial charge in [0.05, 0.1) is 5.92 Å². The Morgan fingerprint density at radius 1 is 1.44 bits per heavy atom. The van der Waals surface area contributed by atoms with E-state index in [1.165, 1.54) is 0 Å². The number of carbonyl (C=O) groups is 2. The minimum absolute atomic E-state index is 0.0391. The molecule has 0 radical (unpaired) electrons. The molecule has 4 heteroatoms. The highest BCUT2D eigenvalue weighted by Gasteiger charge is 2.22. The first-order valence-corrected chi connectivity index (χ1v) is 6.11. The smallest absolute Gasteiger partial charge is 0.306 e. The lowest BCUT2D eigenvalue weighted by Crippen LogP contribution is -2.25. The standard InChI is InChI=1S/C14H17NO3/c1-9(14(17)18)7-11-3-4-12-5-6-15(10(2)16)13(12)8-11/h3-4,8-9H,5-7H2,1-2H3,(H,17,18). The van der Waals surface area contributed by atoms with Crippen LogP contribution >= 0.6 is 0 Å². The van der Waals surface area contributed by atoms with Gasteiger partial charge in [0.25, 0.3) is 0 Å². The summed E-state index contributed by atoms with van der Waals surface area (Å²) in [6, 6.07) is 5.91. The Hall–Kier alpha value is -1.84. The van der Waals surface area contributed by atoms with E-state index in [0.717, 1.165) is 29.8 Å². The van der Waals surface area contributed by atoms with Crippen molar-refractivity contribution in [3.8, 4) is 0 Å². The number of benzene rings is 1. The molecule has 4 nitrogen and oxygen atoms in total. The predicted molar refractivity (Wildman–Crippen MR) is 68.7 cm³/mol. The lowest BCUT2D eigenvalue weighted by Gasteiger charge is -2.16. The van der Waals surface area contributed by atoms with Crippen molar-refractivity contribution in [2.24, 2.45) is 5.92 Å². The normalized spacial score (nSPS) is 15.3. The van der Waals surface area contributed by atoms with Crippen molar-refractivity contribution in [3.05, 3.63) is 29.3 Å². The van der Waals surface area contributed by atoms with E-state index < -0.39 is 11.9 Å². The van der Waals surface area contributed by atoms with Crippen molar-refractivity contribution >= 4 is 17.6 Å². The Labute approximate surface area is 106 Å². The van der Waals surface area contributed by atoms with Gasteiger partial charge in [-0.25, -0.2) is 0 Å². The fourth-order valence-corrected chi connectivity index (χ4v) is 2.32. The Morgan fingerprint density at radius 3 is 2.78 bits per heavy atom. The summed E-state index contributed by atoms with van der Waals surface area (Å²) in [4.78, 5) is 24.1. The van der Waals surface area contributed by atoms with E-state index >= 15 is 0 Å². The molecule has 1 aliphatic heterocycles. The van der Waals surface area contributed by atoms with Crippen molar-refractivity contribution in [2.45, 2.75) is 26.7 Å². The average Bonchev–Trinajstić information content (AvgIpc) is 2.71. The fraction of sp³-hybridized carbons (Fsp3) is 0.429. The molecule has 1 aromatic rings. The third kappa shape index (κ3) is 2.37. The molecule has 1 aliphatic rings. The molecule has 0 spiro atoms. The molecule has 1 unspecified atom stereocenters. The quantitative estimate of drug-likeness (QED) is 0.887. The summed E-state index contributed by atoms with van der Waals surface area (Å²) in [7, 11) is 0. The first kappa shape index (κ1) is 12.6. The first-order valence-electron chi connectivity index (χ1n) is 6.11. The van der Waals surface area contributed by atoms with Gasteiger partial charge in [-0.05, 0) is 30.0 Å². The maximum Gasteiger partial charge on any atom is 0.306 e. The first-order chi connectivity index (χ1) is 8.49. The highest BCUT2D eigenvalue weighted by Crippen LogP contribution is 2.29. The lowest BCUT2D eigenvalue weighted by atomic mass is 9.99. The third-order valence-electron chi connectivity index (χ3n) is 3.39.